The zero-order chi connectivity index (χ0) is 37.0. The number of nitrogens with one attached hydrogen (secondary N) is 3. The number of Topliss-reactive ketones (excluding diaryl/α,β-unsaturated/α-hetero) is 1. The van der Waals surface area contributed by atoms with Gasteiger partial charge in [0, 0.05) is 39.3 Å². The maximum atomic E-state index is 13.4. The number of hydrogen-bond donors (Lipinski definition) is 5. The molecule has 4 aromatic rings. The van der Waals surface area contributed by atoms with Crippen LogP contribution in [0.4, 0.5) is 22.7 Å². The summed E-state index contributed by atoms with van der Waals surface area (Å²) in [6.45, 7) is 16.0. The van der Waals surface area contributed by atoms with Crippen LogP contribution in [0.15, 0.2) is 84.9 Å². The van der Waals surface area contributed by atoms with E-state index in [-0.39, 0.29) is 39.5 Å². The fraction of sp³-hybridized carbons (Fsp3) is 0.300. The van der Waals surface area contributed by atoms with Gasteiger partial charge in [-0.2, -0.15) is 0 Å². The molecule has 50 heavy (non-hydrogen) atoms. The van der Waals surface area contributed by atoms with Gasteiger partial charge < -0.3 is 30.9 Å². The molecule has 0 aliphatic heterocycles. The topological polar surface area (TPSA) is 154 Å². The molecule has 5 N–H and O–H groups in total. The maximum Gasteiger partial charge on any atom is 0.336 e. The lowest BCUT2D eigenvalue weighted by Gasteiger charge is -2.31. The Bertz CT molecular complexity index is 1890. The average Bonchev–Trinajstić information content (AvgIpc) is 3.05. The molecule has 4 rings (SSSR count). The number of rotatable bonds is 14. The standard InChI is InChI=1S/C40H45N3O7/c1-23(2)39(5,6)35(44)33-21-27(14-20-32(33)37(46)47)41-28-13-19-31(34(22-28)38(48)49)36(45)42-25-9-15-29(16-10-25)50-30-17-11-26(12-18-30)43-40(7,8)24(3)4/h9-24,41,43H,1-8H3,(H,42,45)(H,46,47)(H,48,49). The molecule has 4 aromatic carbocycles. The van der Waals surface area contributed by atoms with Gasteiger partial charge in [0.15, 0.2) is 5.78 Å². The summed E-state index contributed by atoms with van der Waals surface area (Å²) in [5.41, 5.74) is 0.863. The van der Waals surface area contributed by atoms with E-state index >= 15 is 0 Å². The molecule has 0 saturated carbocycles. The van der Waals surface area contributed by atoms with Crippen LogP contribution in [0.3, 0.4) is 0 Å². The Hall–Kier alpha value is -5.64. The lowest BCUT2D eigenvalue weighted by atomic mass is 9.74. The Morgan fingerprint density at radius 2 is 1.04 bits per heavy atom. The van der Waals surface area contributed by atoms with Crippen molar-refractivity contribution >= 4 is 46.4 Å². The van der Waals surface area contributed by atoms with E-state index in [2.05, 4.69) is 43.6 Å². The van der Waals surface area contributed by atoms with Crippen molar-refractivity contribution in [3.8, 4) is 11.5 Å². The molecule has 1 amide bonds. The summed E-state index contributed by atoms with van der Waals surface area (Å²) in [7, 11) is 0. The molecular formula is C40H45N3O7. The first-order valence-corrected chi connectivity index (χ1v) is 16.4. The van der Waals surface area contributed by atoms with E-state index in [1.165, 1.54) is 36.4 Å². The number of carboxylic acids is 2. The van der Waals surface area contributed by atoms with Crippen LogP contribution in [0.1, 0.15) is 96.8 Å². The minimum Gasteiger partial charge on any atom is -0.478 e. The summed E-state index contributed by atoms with van der Waals surface area (Å²) >= 11 is 0. The Morgan fingerprint density at radius 3 is 1.52 bits per heavy atom. The van der Waals surface area contributed by atoms with Gasteiger partial charge in [0.05, 0.1) is 16.7 Å². The zero-order valence-electron chi connectivity index (χ0n) is 29.7. The predicted octanol–water partition coefficient (Wildman–Crippen LogP) is 9.58. The number of amides is 1. The number of ether oxygens (including phenoxy) is 1. The molecule has 0 heterocycles. The van der Waals surface area contributed by atoms with Crippen LogP contribution in [0.25, 0.3) is 0 Å². The molecule has 0 aliphatic rings. The molecule has 10 heteroatoms. The first-order valence-electron chi connectivity index (χ1n) is 16.4. The van der Waals surface area contributed by atoms with Gasteiger partial charge in [-0.15, -0.1) is 0 Å². The van der Waals surface area contributed by atoms with Crippen LogP contribution in [0.5, 0.6) is 11.5 Å². The largest absolute Gasteiger partial charge is 0.478 e. The van der Waals surface area contributed by atoms with Gasteiger partial charge in [-0.3, -0.25) is 9.59 Å². The molecule has 0 saturated heterocycles. The van der Waals surface area contributed by atoms with E-state index in [4.69, 9.17) is 4.74 Å². The number of anilines is 4. The average molecular weight is 680 g/mol. The van der Waals surface area contributed by atoms with Gasteiger partial charge in [-0.1, -0.05) is 41.5 Å². The second-order valence-corrected chi connectivity index (χ2v) is 14.1. The van der Waals surface area contributed by atoms with E-state index in [1.807, 2.05) is 38.1 Å². The van der Waals surface area contributed by atoms with Crippen molar-refractivity contribution in [3.63, 3.8) is 0 Å². The van der Waals surface area contributed by atoms with Crippen molar-refractivity contribution in [1.82, 2.24) is 0 Å². The maximum absolute atomic E-state index is 13.4. The van der Waals surface area contributed by atoms with Crippen molar-refractivity contribution in [1.29, 1.82) is 0 Å². The molecule has 0 unspecified atom stereocenters. The SMILES string of the molecule is CC(C)C(C)(C)Nc1ccc(Oc2ccc(NC(=O)c3ccc(Nc4ccc(C(=O)O)c(C(=O)C(C)(C)C(C)C)c4)cc3C(=O)O)cc2)cc1. The first kappa shape index (κ1) is 37.2. The number of hydrogen-bond acceptors (Lipinski definition) is 7. The minimum atomic E-state index is -1.31. The number of benzene rings is 4. The lowest BCUT2D eigenvalue weighted by Crippen LogP contribution is -2.36. The molecule has 0 aromatic heterocycles. The third kappa shape index (κ3) is 8.68. The van der Waals surface area contributed by atoms with Gasteiger partial charge in [0.2, 0.25) is 0 Å². The van der Waals surface area contributed by atoms with E-state index in [9.17, 15) is 29.4 Å². The minimum absolute atomic E-state index is 0.0449. The predicted molar refractivity (Wildman–Crippen MR) is 196 cm³/mol. The highest BCUT2D eigenvalue weighted by molar-refractivity contribution is 6.11. The lowest BCUT2D eigenvalue weighted by molar-refractivity contribution is 0.0676. The van der Waals surface area contributed by atoms with Crippen LogP contribution in [-0.4, -0.2) is 39.4 Å². The van der Waals surface area contributed by atoms with Crippen LogP contribution >= 0.6 is 0 Å². The third-order valence-corrected chi connectivity index (χ3v) is 9.42. The Morgan fingerprint density at radius 1 is 0.580 bits per heavy atom. The summed E-state index contributed by atoms with van der Waals surface area (Å²) in [6.07, 6.45) is 0. The Balaban J connectivity index is 1.47. The number of carboxylic acid groups (broad SMARTS) is 2. The summed E-state index contributed by atoms with van der Waals surface area (Å²) in [5.74, 6) is -1.89. The monoisotopic (exact) mass is 679 g/mol. The van der Waals surface area contributed by atoms with Crippen molar-refractivity contribution in [3.05, 3.63) is 107 Å². The summed E-state index contributed by atoms with van der Waals surface area (Å²) < 4.78 is 5.96. The molecule has 0 bridgehead atoms. The van der Waals surface area contributed by atoms with Gasteiger partial charge >= 0.3 is 11.9 Å². The second kappa shape index (κ2) is 14.9. The van der Waals surface area contributed by atoms with Crippen LogP contribution < -0.4 is 20.7 Å². The highest BCUT2D eigenvalue weighted by Gasteiger charge is 2.34. The summed E-state index contributed by atoms with van der Waals surface area (Å²) in [6, 6.07) is 22.9. The van der Waals surface area contributed by atoms with Gasteiger partial charge in [-0.05, 0) is 111 Å². The smallest absolute Gasteiger partial charge is 0.336 e. The first-order chi connectivity index (χ1) is 23.4. The second-order valence-electron chi connectivity index (χ2n) is 14.1. The molecule has 0 fully saturated rings. The normalized spacial score (nSPS) is 11.6. The molecule has 0 aliphatic carbocycles. The summed E-state index contributed by atoms with van der Waals surface area (Å²) in [4.78, 5) is 50.7. The number of carbonyl (C=O) groups excluding carboxylic acids is 2. The molecule has 0 atom stereocenters. The summed E-state index contributed by atoms with van der Waals surface area (Å²) in [5, 5.41) is 29.0. The molecule has 0 radical (unpaired) electrons. The van der Waals surface area contributed by atoms with Gasteiger partial charge in [0.25, 0.3) is 5.91 Å². The fourth-order valence-corrected chi connectivity index (χ4v) is 4.83. The van der Waals surface area contributed by atoms with E-state index < -0.39 is 23.3 Å². The van der Waals surface area contributed by atoms with Gasteiger partial charge in [-0.25, -0.2) is 9.59 Å². The van der Waals surface area contributed by atoms with Crippen LogP contribution in [0.2, 0.25) is 0 Å². The number of ketones is 1. The van der Waals surface area contributed by atoms with E-state index in [0.717, 1.165) is 5.69 Å². The van der Waals surface area contributed by atoms with Crippen molar-refractivity contribution < 1.29 is 34.1 Å². The van der Waals surface area contributed by atoms with E-state index in [1.54, 1.807) is 38.1 Å². The molecule has 0 spiro atoms. The van der Waals surface area contributed by atoms with Crippen LogP contribution in [-0.2, 0) is 0 Å². The van der Waals surface area contributed by atoms with Crippen molar-refractivity contribution in [2.24, 2.45) is 17.3 Å². The Labute approximate surface area is 292 Å². The third-order valence-electron chi connectivity index (χ3n) is 9.42. The molecular weight excluding hydrogens is 634 g/mol. The van der Waals surface area contributed by atoms with E-state index in [0.29, 0.717) is 34.5 Å². The molecule has 10 nitrogen and oxygen atoms in total. The van der Waals surface area contributed by atoms with Crippen LogP contribution in [0, 0.1) is 17.3 Å². The fourth-order valence-electron chi connectivity index (χ4n) is 4.83. The number of carbonyl (C=O) groups is 4. The van der Waals surface area contributed by atoms with Gasteiger partial charge in [0.1, 0.15) is 11.5 Å². The van der Waals surface area contributed by atoms with Crippen molar-refractivity contribution in [2.75, 3.05) is 16.0 Å². The molecule has 262 valence electrons. The Kier molecular flexibility index (Phi) is 11.1. The zero-order valence-corrected chi connectivity index (χ0v) is 29.7. The van der Waals surface area contributed by atoms with Crippen molar-refractivity contribution in [2.45, 2.75) is 60.9 Å². The highest BCUT2D eigenvalue weighted by Crippen LogP contribution is 2.34. The quantitative estimate of drug-likeness (QED) is 0.0820. The highest BCUT2D eigenvalue weighted by atomic mass is 16.5. The number of aromatic carboxylic acids is 2.